The second kappa shape index (κ2) is 4.24. The molecule has 1 aromatic heterocycles. The molecule has 5 nitrogen and oxygen atoms in total. The van der Waals surface area contributed by atoms with Gasteiger partial charge in [0.1, 0.15) is 5.56 Å². The van der Waals surface area contributed by atoms with E-state index < -0.39 is 6.10 Å². The standard InChI is InChI=1S/C13H18N2O3/c1-7-4-9(16)8(6-14-7)12(18)15-10-5-11(17)13(10,2)3/h4,6,10-11,17H,5H2,1-3H3,(H,14,16)(H,15,18). The first-order valence-corrected chi connectivity index (χ1v) is 6.00. The highest BCUT2D eigenvalue weighted by Crippen LogP contribution is 2.40. The predicted octanol–water partition coefficient (Wildman–Crippen LogP) is 0.573. The van der Waals surface area contributed by atoms with Gasteiger partial charge in [-0.05, 0) is 13.3 Å². The highest BCUT2D eigenvalue weighted by molar-refractivity contribution is 5.94. The van der Waals surface area contributed by atoms with Crippen molar-refractivity contribution in [2.75, 3.05) is 0 Å². The highest BCUT2D eigenvalue weighted by Gasteiger charge is 2.48. The van der Waals surface area contributed by atoms with Gasteiger partial charge in [0.15, 0.2) is 5.43 Å². The minimum Gasteiger partial charge on any atom is -0.392 e. The summed E-state index contributed by atoms with van der Waals surface area (Å²) < 4.78 is 0. The van der Waals surface area contributed by atoms with Gasteiger partial charge in [0.2, 0.25) is 0 Å². The van der Waals surface area contributed by atoms with Gasteiger partial charge in [0.05, 0.1) is 6.10 Å². The summed E-state index contributed by atoms with van der Waals surface area (Å²) in [6.07, 6.45) is 1.55. The summed E-state index contributed by atoms with van der Waals surface area (Å²) in [5, 5.41) is 12.4. The van der Waals surface area contributed by atoms with Gasteiger partial charge in [0, 0.05) is 29.4 Å². The molecule has 1 aliphatic carbocycles. The number of H-pyrrole nitrogens is 1. The van der Waals surface area contributed by atoms with Crippen molar-refractivity contribution < 1.29 is 9.90 Å². The molecule has 0 bridgehead atoms. The first-order valence-electron chi connectivity index (χ1n) is 6.00. The lowest BCUT2D eigenvalue weighted by Gasteiger charge is -2.49. The van der Waals surface area contributed by atoms with Crippen LogP contribution < -0.4 is 10.7 Å². The van der Waals surface area contributed by atoms with Gasteiger partial charge < -0.3 is 15.4 Å². The first-order chi connectivity index (χ1) is 8.32. The van der Waals surface area contributed by atoms with Crippen LogP contribution in [-0.4, -0.2) is 28.1 Å². The Labute approximate surface area is 105 Å². The molecule has 18 heavy (non-hydrogen) atoms. The molecule has 2 unspecified atom stereocenters. The summed E-state index contributed by atoms with van der Waals surface area (Å²) in [5.74, 6) is -0.388. The van der Waals surface area contributed by atoms with Gasteiger partial charge in [-0.3, -0.25) is 9.59 Å². The third-order valence-electron chi connectivity index (χ3n) is 3.82. The number of hydrogen-bond acceptors (Lipinski definition) is 3. The molecule has 0 aromatic carbocycles. The topological polar surface area (TPSA) is 82.2 Å². The number of aromatic nitrogens is 1. The summed E-state index contributed by atoms with van der Waals surface area (Å²) in [5.41, 5.74) is 0.197. The van der Waals surface area contributed by atoms with E-state index in [-0.39, 0.29) is 28.4 Å². The van der Waals surface area contributed by atoms with E-state index >= 15 is 0 Å². The fourth-order valence-electron chi connectivity index (χ4n) is 2.13. The molecule has 1 heterocycles. The smallest absolute Gasteiger partial charge is 0.256 e. The Morgan fingerprint density at radius 2 is 2.22 bits per heavy atom. The van der Waals surface area contributed by atoms with Crippen molar-refractivity contribution in [3.8, 4) is 0 Å². The first kappa shape index (κ1) is 12.8. The molecule has 1 amide bonds. The maximum Gasteiger partial charge on any atom is 0.256 e. The lowest BCUT2D eigenvalue weighted by molar-refractivity contribution is -0.0689. The largest absolute Gasteiger partial charge is 0.392 e. The number of carbonyl (C=O) groups excluding carboxylic acids is 1. The predicted molar refractivity (Wildman–Crippen MR) is 67.5 cm³/mol. The van der Waals surface area contributed by atoms with Crippen LogP contribution in [-0.2, 0) is 0 Å². The van der Waals surface area contributed by atoms with E-state index in [0.29, 0.717) is 6.42 Å². The number of aliphatic hydroxyl groups excluding tert-OH is 1. The van der Waals surface area contributed by atoms with E-state index in [1.54, 1.807) is 6.92 Å². The number of aryl methyl sites for hydroxylation is 1. The van der Waals surface area contributed by atoms with Crippen molar-refractivity contribution >= 4 is 5.91 Å². The van der Waals surface area contributed by atoms with E-state index in [0.717, 1.165) is 5.69 Å². The Morgan fingerprint density at radius 3 is 2.72 bits per heavy atom. The Morgan fingerprint density at radius 1 is 1.56 bits per heavy atom. The molecule has 0 saturated heterocycles. The molecule has 1 fully saturated rings. The quantitative estimate of drug-likeness (QED) is 0.717. The van der Waals surface area contributed by atoms with Crippen molar-refractivity contribution in [1.82, 2.24) is 10.3 Å². The normalized spacial score (nSPS) is 25.3. The molecular formula is C13H18N2O3. The molecule has 1 aromatic rings. The Hall–Kier alpha value is -1.62. The number of amides is 1. The number of aliphatic hydroxyl groups is 1. The van der Waals surface area contributed by atoms with Crippen molar-refractivity contribution in [3.05, 3.63) is 33.7 Å². The van der Waals surface area contributed by atoms with Gasteiger partial charge in [-0.25, -0.2) is 0 Å². The number of rotatable bonds is 2. The number of aromatic amines is 1. The lowest BCUT2D eigenvalue weighted by Crippen LogP contribution is -2.61. The van der Waals surface area contributed by atoms with Crippen LogP contribution in [0.2, 0.25) is 0 Å². The second-order valence-electron chi connectivity index (χ2n) is 5.49. The maximum absolute atomic E-state index is 12.0. The number of nitrogens with one attached hydrogen (secondary N) is 2. The molecule has 1 aliphatic rings. The third kappa shape index (κ3) is 2.06. The summed E-state index contributed by atoms with van der Waals surface area (Å²) in [6.45, 7) is 5.55. The summed E-state index contributed by atoms with van der Waals surface area (Å²) in [4.78, 5) is 26.5. The number of carbonyl (C=O) groups is 1. The average Bonchev–Trinajstić information content (AvgIpc) is 2.28. The minimum absolute atomic E-state index is 0.0966. The van der Waals surface area contributed by atoms with E-state index in [1.165, 1.54) is 12.3 Å². The molecular weight excluding hydrogens is 232 g/mol. The van der Waals surface area contributed by atoms with E-state index in [9.17, 15) is 14.7 Å². The molecule has 0 radical (unpaired) electrons. The fraction of sp³-hybridized carbons (Fsp3) is 0.538. The van der Waals surface area contributed by atoms with Crippen LogP contribution in [0.25, 0.3) is 0 Å². The molecule has 98 valence electrons. The van der Waals surface area contributed by atoms with Crippen molar-refractivity contribution in [2.45, 2.75) is 39.3 Å². The van der Waals surface area contributed by atoms with Crippen molar-refractivity contribution in [3.63, 3.8) is 0 Å². The van der Waals surface area contributed by atoms with Crippen LogP contribution in [0.4, 0.5) is 0 Å². The summed E-state index contributed by atoms with van der Waals surface area (Å²) in [6, 6.07) is 1.30. The van der Waals surface area contributed by atoms with Gasteiger partial charge in [0.25, 0.3) is 5.91 Å². The van der Waals surface area contributed by atoms with Gasteiger partial charge >= 0.3 is 0 Å². The Bertz CT molecular complexity index is 533. The van der Waals surface area contributed by atoms with Crippen LogP contribution >= 0.6 is 0 Å². The molecule has 2 atom stereocenters. The van der Waals surface area contributed by atoms with Crippen LogP contribution in [0.3, 0.4) is 0 Å². The fourth-order valence-corrected chi connectivity index (χ4v) is 2.13. The lowest BCUT2D eigenvalue weighted by atomic mass is 9.64. The second-order valence-corrected chi connectivity index (χ2v) is 5.49. The van der Waals surface area contributed by atoms with Crippen LogP contribution in [0, 0.1) is 12.3 Å². The highest BCUT2D eigenvalue weighted by atomic mass is 16.3. The number of pyridine rings is 1. The molecule has 1 saturated carbocycles. The molecule has 5 heteroatoms. The zero-order valence-electron chi connectivity index (χ0n) is 10.8. The zero-order valence-corrected chi connectivity index (χ0v) is 10.8. The zero-order chi connectivity index (χ0) is 13.5. The van der Waals surface area contributed by atoms with Crippen LogP contribution in [0.5, 0.6) is 0 Å². The van der Waals surface area contributed by atoms with Gasteiger partial charge in [-0.1, -0.05) is 13.8 Å². The summed E-state index contributed by atoms with van der Waals surface area (Å²) in [7, 11) is 0. The molecule has 3 N–H and O–H groups in total. The van der Waals surface area contributed by atoms with Crippen LogP contribution in [0.15, 0.2) is 17.1 Å². The monoisotopic (exact) mass is 250 g/mol. The van der Waals surface area contributed by atoms with E-state index in [4.69, 9.17) is 0 Å². The van der Waals surface area contributed by atoms with Crippen molar-refractivity contribution in [2.24, 2.45) is 5.41 Å². The Balaban J connectivity index is 2.12. The van der Waals surface area contributed by atoms with Gasteiger partial charge in [-0.15, -0.1) is 0 Å². The maximum atomic E-state index is 12.0. The van der Waals surface area contributed by atoms with E-state index in [2.05, 4.69) is 10.3 Å². The van der Waals surface area contributed by atoms with Crippen LogP contribution in [0.1, 0.15) is 36.3 Å². The number of hydrogen-bond donors (Lipinski definition) is 3. The van der Waals surface area contributed by atoms with Gasteiger partial charge in [-0.2, -0.15) is 0 Å². The Kier molecular flexibility index (Phi) is 3.02. The summed E-state index contributed by atoms with van der Waals surface area (Å²) >= 11 is 0. The molecule has 0 aliphatic heterocycles. The average molecular weight is 250 g/mol. The van der Waals surface area contributed by atoms with E-state index in [1.807, 2.05) is 13.8 Å². The SMILES string of the molecule is Cc1cc(=O)c(C(=O)NC2CC(O)C2(C)C)c[nH]1. The third-order valence-corrected chi connectivity index (χ3v) is 3.82. The molecule has 0 spiro atoms. The van der Waals surface area contributed by atoms with Crippen molar-refractivity contribution in [1.29, 1.82) is 0 Å². The molecule has 2 rings (SSSR count). The minimum atomic E-state index is -0.404.